The van der Waals surface area contributed by atoms with Crippen molar-refractivity contribution >= 4 is 17.8 Å². The van der Waals surface area contributed by atoms with E-state index in [9.17, 15) is 9.59 Å². The van der Waals surface area contributed by atoms with Crippen LogP contribution in [0.2, 0.25) is 0 Å². The van der Waals surface area contributed by atoms with Crippen LogP contribution in [-0.2, 0) is 16.1 Å². The summed E-state index contributed by atoms with van der Waals surface area (Å²) in [5, 5.41) is 10.6. The van der Waals surface area contributed by atoms with E-state index >= 15 is 0 Å². The molecule has 1 aromatic heterocycles. The quantitative estimate of drug-likeness (QED) is 0.753. The van der Waals surface area contributed by atoms with E-state index in [4.69, 9.17) is 9.47 Å². The molecular weight excluding hydrogens is 374 g/mol. The van der Waals surface area contributed by atoms with E-state index in [0.29, 0.717) is 25.4 Å². The Morgan fingerprint density at radius 3 is 2.66 bits per heavy atom. The number of anilines is 1. The molecule has 1 atom stereocenters. The maximum absolute atomic E-state index is 12.3. The minimum atomic E-state index is -0.620. The van der Waals surface area contributed by atoms with E-state index in [0.717, 1.165) is 11.4 Å². The van der Waals surface area contributed by atoms with Gasteiger partial charge in [-0.25, -0.2) is 4.79 Å². The molecule has 9 heteroatoms. The summed E-state index contributed by atoms with van der Waals surface area (Å²) < 4.78 is 10.9. The van der Waals surface area contributed by atoms with Gasteiger partial charge in [-0.15, -0.1) is 10.2 Å². The van der Waals surface area contributed by atoms with Crippen molar-refractivity contribution in [2.24, 2.45) is 0 Å². The predicted octanol–water partition coefficient (Wildman–Crippen LogP) is 1.45. The zero-order valence-electron chi connectivity index (χ0n) is 16.6. The third kappa shape index (κ3) is 6.06. The summed E-state index contributed by atoms with van der Waals surface area (Å²) in [4.78, 5) is 27.6. The highest BCUT2D eigenvalue weighted by Crippen LogP contribution is 2.17. The first-order valence-electron chi connectivity index (χ1n) is 9.41. The van der Waals surface area contributed by atoms with E-state index in [2.05, 4.69) is 15.5 Å². The van der Waals surface area contributed by atoms with Crippen LogP contribution in [0.25, 0.3) is 0 Å². The molecule has 1 fully saturated rings. The van der Waals surface area contributed by atoms with Gasteiger partial charge in [0.2, 0.25) is 11.8 Å². The van der Waals surface area contributed by atoms with Crippen LogP contribution in [0.4, 0.5) is 10.6 Å². The SMILES string of the molecule is CN(C)c1ccc(OC2CCN(C(=O)CNC(=O)OCc3ccccc3)C2)nn1. The van der Waals surface area contributed by atoms with Crippen molar-refractivity contribution in [3.63, 3.8) is 0 Å². The van der Waals surface area contributed by atoms with Gasteiger partial charge in [-0.1, -0.05) is 30.3 Å². The maximum Gasteiger partial charge on any atom is 0.407 e. The Labute approximate surface area is 169 Å². The van der Waals surface area contributed by atoms with E-state index in [1.807, 2.05) is 55.4 Å². The largest absolute Gasteiger partial charge is 0.471 e. The van der Waals surface area contributed by atoms with Crippen LogP contribution >= 0.6 is 0 Å². The van der Waals surface area contributed by atoms with Crippen LogP contribution in [0, 0.1) is 0 Å². The van der Waals surface area contributed by atoms with Gasteiger partial charge in [0.15, 0.2) is 5.82 Å². The molecule has 9 nitrogen and oxygen atoms in total. The summed E-state index contributed by atoms with van der Waals surface area (Å²) in [7, 11) is 3.77. The molecule has 1 unspecified atom stereocenters. The van der Waals surface area contributed by atoms with Crippen LogP contribution < -0.4 is 15.0 Å². The van der Waals surface area contributed by atoms with Gasteiger partial charge in [0, 0.05) is 33.1 Å². The van der Waals surface area contributed by atoms with Crippen molar-refractivity contribution in [3.8, 4) is 5.88 Å². The number of nitrogens with zero attached hydrogens (tertiary/aromatic N) is 4. The Kier molecular flexibility index (Phi) is 6.83. The van der Waals surface area contributed by atoms with E-state index in [1.165, 1.54) is 0 Å². The fourth-order valence-electron chi connectivity index (χ4n) is 2.87. The van der Waals surface area contributed by atoms with Gasteiger partial charge >= 0.3 is 6.09 Å². The number of nitrogens with one attached hydrogen (secondary N) is 1. The lowest BCUT2D eigenvalue weighted by Crippen LogP contribution is -2.40. The standard InChI is InChI=1S/C20H25N5O4/c1-24(2)17-8-9-18(23-22-17)29-16-10-11-25(13-16)19(26)12-21-20(27)28-14-15-6-4-3-5-7-15/h3-9,16H,10-14H2,1-2H3,(H,21,27). The molecule has 0 aliphatic carbocycles. The number of amides is 2. The van der Waals surface area contributed by atoms with E-state index < -0.39 is 6.09 Å². The monoisotopic (exact) mass is 399 g/mol. The molecule has 3 rings (SSSR count). The predicted molar refractivity (Wildman–Crippen MR) is 107 cm³/mol. The van der Waals surface area contributed by atoms with Gasteiger partial charge in [-0.2, -0.15) is 0 Å². The number of aromatic nitrogens is 2. The van der Waals surface area contributed by atoms with Crippen LogP contribution in [0.1, 0.15) is 12.0 Å². The Balaban J connectivity index is 1.38. The molecular formula is C20H25N5O4. The third-order valence-electron chi connectivity index (χ3n) is 4.47. The van der Waals surface area contributed by atoms with Crippen molar-refractivity contribution in [2.75, 3.05) is 38.6 Å². The Morgan fingerprint density at radius 2 is 1.97 bits per heavy atom. The van der Waals surface area contributed by atoms with Gasteiger partial charge in [0.1, 0.15) is 19.3 Å². The lowest BCUT2D eigenvalue weighted by molar-refractivity contribution is -0.129. The molecule has 1 saturated heterocycles. The lowest BCUT2D eigenvalue weighted by Gasteiger charge is -2.17. The highest BCUT2D eigenvalue weighted by atomic mass is 16.5. The number of alkyl carbamates (subject to hydrolysis) is 1. The van der Waals surface area contributed by atoms with Gasteiger partial charge < -0.3 is 24.6 Å². The van der Waals surface area contributed by atoms with Crippen molar-refractivity contribution in [2.45, 2.75) is 19.1 Å². The minimum absolute atomic E-state index is 0.113. The number of carbonyl (C=O) groups is 2. The fraction of sp³-hybridized carbons (Fsp3) is 0.400. The topological polar surface area (TPSA) is 96.9 Å². The first-order chi connectivity index (χ1) is 14.0. The summed E-state index contributed by atoms with van der Waals surface area (Å²) in [5.74, 6) is 0.991. The summed E-state index contributed by atoms with van der Waals surface area (Å²) in [5.41, 5.74) is 0.884. The van der Waals surface area contributed by atoms with E-state index in [1.54, 1.807) is 11.0 Å². The second kappa shape index (κ2) is 9.72. The molecule has 2 amide bonds. The average molecular weight is 399 g/mol. The van der Waals surface area contributed by atoms with Crippen LogP contribution in [0.5, 0.6) is 5.88 Å². The lowest BCUT2D eigenvalue weighted by atomic mass is 10.2. The summed E-state index contributed by atoms with van der Waals surface area (Å²) in [6, 6.07) is 12.9. The van der Waals surface area contributed by atoms with Gasteiger partial charge in [-0.3, -0.25) is 4.79 Å². The second-order valence-electron chi connectivity index (χ2n) is 6.91. The maximum atomic E-state index is 12.3. The molecule has 29 heavy (non-hydrogen) atoms. The summed E-state index contributed by atoms with van der Waals surface area (Å²) >= 11 is 0. The summed E-state index contributed by atoms with van der Waals surface area (Å²) in [6.45, 7) is 1.05. The number of benzene rings is 1. The van der Waals surface area contributed by atoms with Crippen molar-refractivity contribution < 1.29 is 19.1 Å². The third-order valence-corrected chi connectivity index (χ3v) is 4.47. The molecule has 0 radical (unpaired) electrons. The number of hydrogen-bond donors (Lipinski definition) is 1. The highest BCUT2D eigenvalue weighted by molar-refractivity contribution is 5.82. The van der Waals surface area contributed by atoms with Gasteiger partial charge in [0.25, 0.3) is 0 Å². The minimum Gasteiger partial charge on any atom is -0.471 e. The molecule has 1 aromatic carbocycles. The average Bonchev–Trinajstić information content (AvgIpc) is 3.20. The zero-order valence-corrected chi connectivity index (χ0v) is 16.6. The van der Waals surface area contributed by atoms with Crippen molar-refractivity contribution in [1.82, 2.24) is 20.4 Å². The molecule has 2 aromatic rings. The molecule has 154 valence electrons. The fourth-order valence-corrected chi connectivity index (χ4v) is 2.87. The van der Waals surface area contributed by atoms with Gasteiger partial charge in [0.05, 0.1) is 6.54 Å². The molecule has 0 spiro atoms. The normalized spacial score (nSPS) is 15.7. The highest BCUT2D eigenvalue weighted by Gasteiger charge is 2.28. The molecule has 1 aliphatic heterocycles. The molecule has 1 aliphatic rings. The van der Waals surface area contributed by atoms with E-state index in [-0.39, 0.29) is 25.2 Å². The molecule has 0 saturated carbocycles. The van der Waals surface area contributed by atoms with Crippen molar-refractivity contribution in [3.05, 3.63) is 48.0 Å². The van der Waals surface area contributed by atoms with Crippen LogP contribution in [-0.4, -0.2) is 66.9 Å². The number of carbonyl (C=O) groups excluding carboxylic acids is 2. The second-order valence-corrected chi connectivity index (χ2v) is 6.91. The Morgan fingerprint density at radius 1 is 1.17 bits per heavy atom. The number of ether oxygens (including phenoxy) is 2. The first-order valence-corrected chi connectivity index (χ1v) is 9.41. The smallest absolute Gasteiger partial charge is 0.407 e. The summed E-state index contributed by atoms with van der Waals surface area (Å²) in [6.07, 6.45) is -0.0738. The number of hydrogen-bond acceptors (Lipinski definition) is 7. The Bertz CT molecular complexity index is 813. The number of rotatable bonds is 7. The molecule has 0 bridgehead atoms. The number of likely N-dealkylation sites (tertiary alicyclic amines) is 1. The van der Waals surface area contributed by atoms with Crippen LogP contribution in [0.15, 0.2) is 42.5 Å². The molecule has 2 heterocycles. The zero-order chi connectivity index (χ0) is 20.6. The molecule has 1 N–H and O–H groups in total. The van der Waals surface area contributed by atoms with Crippen LogP contribution in [0.3, 0.4) is 0 Å². The first kappa shape index (κ1) is 20.4. The Hall–Kier alpha value is -3.36. The van der Waals surface area contributed by atoms with Crippen molar-refractivity contribution in [1.29, 1.82) is 0 Å². The van der Waals surface area contributed by atoms with Gasteiger partial charge in [-0.05, 0) is 11.6 Å².